The number of thiophene rings is 1. The topological polar surface area (TPSA) is 46.9 Å². The van der Waals surface area contributed by atoms with E-state index in [1.165, 1.54) is 11.3 Å². The smallest absolute Gasteiger partial charge is 0.265 e. The fourth-order valence-electron chi connectivity index (χ4n) is 2.66. The molecule has 0 fully saturated rings. The number of carbonyl (C=O) groups excluding carboxylic acids is 1. The number of hydrogen-bond donors (Lipinski definition) is 1. The number of carbonyl (C=O) groups is 1. The quantitative estimate of drug-likeness (QED) is 0.460. The number of nitrogens with zero attached hydrogens (tertiary/aromatic N) is 2. The van der Waals surface area contributed by atoms with E-state index in [-0.39, 0.29) is 5.91 Å². The lowest BCUT2D eigenvalue weighted by Crippen LogP contribution is -2.10. The van der Waals surface area contributed by atoms with Crippen molar-refractivity contribution in [2.45, 2.75) is 6.92 Å². The van der Waals surface area contributed by atoms with Crippen molar-refractivity contribution in [3.8, 4) is 5.69 Å². The number of para-hydroxylation sites is 1. The number of fused-ring (bicyclic) bond motifs is 1. The molecule has 0 saturated carbocycles. The molecule has 4 aromatic rings. The van der Waals surface area contributed by atoms with Crippen LogP contribution >= 0.6 is 34.5 Å². The first-order valence-corrected chi connectivity index (χ1v) is 9.41. The van der Waals surface area contributed by atoms with Crippen LogP contribution in [0.1, 0.15) is 15.4 Å². The van der Waals surface area contributed by atoms with Crippen molar-refractivity contribution >= 4 is 56.3 Å². The van der Waals surface area contributed by atoms with Crippen molar-refractivity contribution in [1.29, 1.82) is 0 Å². The van der Waals surface area contributed by atoms with E-state index in [1.807, 2.05) is 54.1 Å². The molecule has 7 heteroatoms. The van der Waals surface area contributed by atoms with Gasteiger partial charge in [-0.3, -0.25) is 4.79 Å². The summed E-state index contributed by atoms with van der Waals surface area (Å²) in [5, 5.41) is 9.56. The Morgan fingerprint density at radius 1 is 1.12 bits per heavy atom. The summed E-state index contributed by atoms with van der Waals surface area (Å²) >= 11 is 13.5. The van der Waals surface area contributed by atoms with Crippen LogP contribution in [0.15, 0.2) is 54.6 Å². The van der Waals surface area contributed by atoms with Gasteiger partial charge in [0.2, 0.25) is 0 Å². The molecule has 4 rings (SSSR count). The van der Waals surface area contributed by atoms with Gasteiger partial charge in [0.1, 0.15) is 4.83 Å². The number of hydrogen-bond acceptors (Lipinski definition) is 3. The summed E-state index contributed by atoms with van der Waals surface area (Å²) in [6.07, 6.45) is 0. The molecule has 0 aliphatic heterocycles. The molecule has 0 spiro atoms. The minimum atomic E-state index is -0.193. The first-order valence-electron chi connectivity index (χ1n) is 7.84. The molecule has 2 heterocycles. The minimum absolute atomic E-state index is 0.193. The van der Waals surface area contributed by atoms with Crippen LogP contribution in [0.3, 0.4) is 0 Å². The lowest BCUT2D eigenvalue weighted by molar-refractivity contribution is 0.103. The maximum Gasteiger partial charge on any atom is 0.265 e. The highest BCUT2D eigenvalue weighted by Gasteiger charge is 2.17. The Hall–Kier alpha value is -2.34. The van der Waals surface area contributed by atoms with Gasteiger partial charge in [0.25, 0.3) is 5.91 Å². The number of nitrogens with one attached hydrogen (secondary N) is 1. The summed E-state index contributed by atoms with van der Waals surface area (Å²) < 4.78 is 1.83. The Balaban J connectivity index is 1.72. The average molecular weight is 402 g/mol. The Kier molecular flexibility index (Phi) is 4.44. The second-order valence-electron chi connectivity index (χ2n) is 5.74. The summed E-state index contributed by atoms with van der Waals surface area (Å²) in [6, 6.07) is 16.5. The summed E-state index contributed by atoms with van der Waals surface area (Å²) in [5.74, 6) is -0.193. The molecule has 0 atom stereocenters. The molecule has 1 amide bonds. The molecule has 2 aromatic carbocycles. The molecular weight excluding hydrogens is 389 g/mol. The first-order chi connectivity index (χ1) is 12.5. The van der Waals surface area contributed by atoms with Gasteiger partial charge in [-0.15, -0.1) is 11.3 Å². The van der Waals surface area contributed by atoms with E-state index >= 15 is 0 Å². The third-order valence-electron chi connectivity index (χ3n) is 3.96. The fourth-order valence-corrected chi connectivity index (χ4v) is 4.05. The predicted molar refractivity (Wildman–Crippen MR) is 108 cm³/mol. The number of anilines is 1. The zero-order valence-electron chi connectivity index (χ0n) is 13.7. The van der Waals surface area contributed by atoms with E-state index in [1.54, 1.807) is 12.1 Å². The standard InChI is InChI=1S/C19H13Cl2N3OS/c1-11-14-10-17(18(25)22-16-5-3-2-4-15(16)21)26-19(14)24(23-11)13-8-6-12(20)7-9-13/h2-10H,1H3,(H,22,25). The Morgan fingerprint density at radius 2 is 1.85 bits per heavy atom. The molecule has 0 bridgehead atoms. The lowest BCUT2D eigenvalue weighted by Gasteiger charge is -2.05. The predicted octanol–water partition coefficient (Wildman–Crippen LogP) is 5.95. The van der Waals surface area contributed by atoms with Gasteiger partial charge in [-0.25, -0.2) is 4.68 Å². The van der Waals surface area contributed by atoms with Crippen LogP contribution in [0.25, 0.3) is 15.9 Å². The summed E-state index contributed by atoms with van der Waals surface area (Å²) in [4.78, 5) is 14.1. The third-order valence-corrected chi connectivity index (χ3v) is 5.65. The molecule has 0 aliphatic rings. The Bertz CT molecular complexity index is 1120. The zero-order valence-corrected chi connectivity index (χ0v) is 16.0. The molecule has 26 heavy (non-hydrogen) atoms. The number of aromatic nitrogens is 2. The number of halogens is 2. The molecule has 0 unspecified atom stereocenters. The second kappa shape index (κ2) is 6.76. The first kappa shape index (κ1) is 17.1. The van der Waals surface area contributed by atoms with Gasteiger partial charge >= 0.3 is 0 Å². The van der Waals surface area contributed by atoms with Gasteiger partial charge in [0.15, 0.2) is 0 Å². The Labute approximate surface area is 164 Å². The molecule has 2 aromatic heterocycles. The molecular formula is C19H13Cl2N3OS. The van der Waals surface area contributed by atoms with Gasteiger partial charge in [-0.1, -0.05) is 35.3 Å². The minimum Gasteiger partial charge on any atom is -0.320 e. The zero-order chi connectivity index (χ0) is 18.3. The summed E-state index contributed by atoms with van der Waals surface area (Å²) in [5.41, 5.74) is 2.35. The van der Waals surface area contributed by atoms with Gasteiger partial charge in [-0.05, 0) is 49.4 Å². The molecule has 130 valence electrons. The fraction of sp³-hybridized carbons (Fsp3) is 0.0526. The summed E-state index contributed by atoms with van der Waals surface area (Å²) in [6.45, 7) is 1.93. The van der Waals surface area contributed by atoms with Crippen molar-refractivity contribution in [3.05, 3.63) is 75.2 Å². The molecule has 4 nitrogen and oxygen atoms in total. The molecule has 0 saturated heterocycles. The van der Waals surface area contributed by atoms with Crippen LogP contribution in [0.4, 0.5) is 5.69 Å². The molecule has 0 radical (unpaired) electrons. The van der Waals surface area contributed by atoms with Crippen LogP contribution in [-0.4, -0.2) is 15.7 Å². The third kappa shape index (κ3) is 3.09. The average Bonchev–Trinajstić information content (AvgIpc) is 3.19. The van der Waals surface area contributed by atoms with E-state index in [2.05, 4.69) is 10.4 Å². The highest BCUT2D eigenvalue weighted by molar-refractivity contribution is 7.20. The van der Waals surface area contributed by atoms with Crippen LogP contribution in [0.5, 0.6) is 0 Å². The number of amides is 1. The van der Waals surface area contributed by atoms with Crippen molar-refractivity contribution in [1.82, 2.24) is 9.78 Å². The van der Waals surface area contributed by atoms with E-state index in [0.29, 0.717) is 20.6 Å². The van der Waals surface area contributed by atoms with Crippen molar-refractivity contribution in [2.24, 2.45) is 0 Å². The van der Waals surface area contributed by atoms with Crippen LogP contribution in [-0.2, 0) is 0 Å². The SMILES string of the molecule is Cc1nn(-c2ccc(Cl)cc2)c2sc(C(=O)Nc3ccccc3Cl)cc12. The van der Waals surface area contributed by atoms with Crippen molar-refractivity contribution < 1.29 is 4.79 Å². The largest absolute Gasteiger partial charge is 0.320 e. The number of aryl methyl sites for hydroxylation is 1. The highest BCUT2D eigenvalue weighted by Crippen LogP contribution is 2.31. The number of rotatable bonds is 3. The molecule has 0 aliphatic carbocycles. The lowest BCUT2D eigenvalue weighted by atomic mass is 10.3. The maximum absolute atomic E-state index is 12.6. The van der Waals surface area contributed by atoms with Gasteiger partial charge in [0.05, 0.1) is 27.0 Å². The van der Waals surface area contributed by atoms with Crippen LogP contribution in [0, 0.1) is 6.92 Å². The van der Waals surface area contributed by atoms with E-state index in [0.717, 1.165) is 21.6 Å². The monoisotopic (exact) mass is 401 g/mol. The van der Waals surface area contributed by atoms with E-state index < -0.39 is 0 Å². The molecule has 1 N–H and O–H groups in total. The summed E-state index contributed by atoms with van der Waals surface area (Å²) in [7, 11) is 0. The highest BCUT2D eigenvalue weighted by atomic mass is 35.5. The van der Waals surface area contributed by atoms with Gasteiger partial charge in [0, 0.05) is 10.4 Å². The van der Waals surface area contributed by atoms with Crippen LogP contribution in [0.2, 0.25) is 10.0 Å². The normalized spacial score (nSPS) is 11.0. The Morgan fingerprint density at radius 3 is 2.58 bits per heavy atom. The van der Waals surface area contributed by atoms with Gasteiger partial charge in [-0.2, -0.15) is 5.10 Å². The van der Waals surface area contributed by atoms with E-state index in [4.69, 9.17) is 23.2 Å². The van der Waals surface area contributed by atoms with Crippen LogP contribution < -0.4 is 5.32 Å². The maximum atomic E-state index is 12.6. The van der Waals surface area contributed by atoms with Gasteiger partial charge < -0.3 is 5.32 Å². The van der Waals surface area contributed by atoms with E-state index in [9.17, 15) is 4.79 Å². The second-order valence-corrected chi connectivity index (χ2v) is 7.61. The van der Waals surface area contributed by atoms with Crippen molar-refractivity contribution in [2.75, 3.05) is 5.32 Å². The number of benzene rings is 2. The van der Waals surface area contributed by atoms with Crippen molar-refractivity contribution in [3.63, 3.8) is 0 Å².